The summed E-state index contributed by atoms with van der Waals surface area (Å²) in [5, 5.41) is 2.58. The van der Waals surface area contributed by atoms with Crippen molar-refractivity contribution >= 4 is 21.8 Å². The molecule has 0 unspecified atom stereocenters. The van der Waals surface area contributed by atoms with Crippen LogP contribution < -0.4 is 0 Å². The summed E-state index contributed by atoms with van der Waals surface area (Å²) in [6, 6.07) is 29.3. The molecule has 0 aliphatic rings. The Kier molecular flexibility index (Phi) is 5.24. The maximum absolute atomic E-state index is 2.47. The SMILES string of the molecule is CCc1cc(-n2c(C(C)(C)C)cc3ccccc32)cc(-n2c(C(C)(C)C)cc3ccccc32)c1. The lowest BCUT2D eigenvalue weighted by Crippen LogP contribution is -2.18. The van der Waals surface area contributed by atoms with E-state index in [0.717, 1.165) is 6.42 Å². The maximum Gasteiger partial charge on any atom is 0.0531 e. The van der Waals surface area contributed by atoms with E-state index in [9.17, 15) is 0 Å². The minimum absolute atomic E-state index is 0.0259. The molecule has 0 aliphatic carbocycles. The lowest BCUT2D eigenvalue weighted by molar-refractivity contribution is 0.558. The molecule has 0 radical (unpaired) electrons. The molecule has 0 spiro atoms. The van der Waals surface area contributed by atoms with Crippen LogP contribution in [-0.4, -0.2) is 9.13 Å². The average Bonchev–Trinajstić information content (AvgIpc) is 3.38. The summed E-state index contributed by atoms with van der Waals surface area (Å²) in [5.41, 5.74) is 9.07. The summed E-state index contributed by atoms with van der Waals surface area (Å²) >= 11 is 0. The minimum Gasteiger partial charge on any atom is -0.313 e. The molecule has 2 heterocycles. The van der Waals surface area contributed by atoms with Gasteiger partial charge in [-0.2, -0.15) is 0 Å². The Balaban J connectivity index is 1.85. The fourth-order valence-electron chi connectivity index (χ4n) is 5.09. The minimum atomic E-state index is 0.0259. The summed E-state index contributed by atoms with van der Waals surface area (Å²) in [5.74, 6) is 0. The highest BCUT2D eigenvalue weighted by molar-refractivity contribution is 5.85. The van der Waals surface area contributed by atoms with E-state index in [1.165, 1.54) is 50.1 Å². The van der Waals surface area contributed by atoms with Gasteiger partial charge < -0.3 is 9.13 Å². The number of hydrogen-bond donors (Lipinski definition) is 0. The van der Waals surface area contributed by atoms with Crippen LogP contribution >= 0.6 is 0 Å². The van der Waals surface area contributed by atoms with Crippen molar-refractivity contribution in [3.05, 3.63) is 95.8 Å². The zero-order valence-electron chi connectivity index (χ0n) is 21.6. The molecule has 0 N–H and O–H groups in total. The number of rotatable bonds is 3. The molecule has 34 heavy (non-hydrogen) atoms. The fourth-order valence-corrected chi connectivity index (χ4v) is 5.09. The number of hydrogen-bond acceptors (Lipinski definition) is 0. The van der Waals surface area contributed by atoms with E-state index < -0.39 is 0 Å². The Morgan fingerprint density at radius 2 is 0.971 bits per heavy atom. The van der Waals surface area contributed by atoms with Crippen LogP contribution in [0.5, 0.6) is 0 Å². The first-order valence-corrected chi connectivity index (χ1v) is 12.4. The van der Waals surface area contributed by atoms with Crippen molar-refractivity contribution in [3.8, 4) is 11.4 Å². The van der Waals surface area contributed by atoms with Crippen molar-refractivity contribution in [1.29, 1.82) is 0 Å². The van der Waals surface area contributed by atoms with Gasteiger partial charge in [0.2, 0.25) is 0 Å². The number of para-hydroxylation sites is 2. The highest BCUT2D eigenvalue weighted by Crippen LogP contribution is 2.36. The second kappa shape index (κ2) is 7.91. The Hall–Kier alpha value is -3.26. The molecule has 2 nitrogen and oxygen atoms in total. The van der Waals surface area contributed by atoms with Crippen LogP contribution in [0.15, 0.2) is 78.9 Å². The van der Waals surface area contributed by atoms with Crippen LogP contribution in [0.25, 0.3) is 33.2 Å². The molecule has 0 saturated carbocycles. The largest absolute Gasteiger partial charge is 0.313 e. The molecular formula is C32H36N2. The molecule has 0 amide bonds. The second-order valence-corrected chi connectivity index (χ2v) is 11.6. The normalized spacial score (nSPS) is 12.7. The zero-order chi connectivity index (χ0) is 24.3. The Labute approximate surface area is 203 Å². The van der Waals surface area contributed by atoms with Crippen LogP contribution in [0.2, 0.25) is 0 Å². The summed E-state index contributed by atoms with van der Waals surface area (Å²) in [4.78, 5) is 0. The first-order valence-electron chi connectivity index (χ1n) is 12.4. The molecule has 0 bridgehead atoms. The van der Waals surface area contributed by atoms with Gasteiger partial charge in [-0.15, -0.1) is 0 Å². The number of nitrogens with zero attached hydrogens (tertiary/aromatic N) is 2. The molecule has 5 rings (SSSR count). The zero-order valence-corrected chi connectivity index (χ0v) is 21.6. The van der Waals surface area contributed by atoms with Crippen molar-refractivity contribution in [3.63, 3.8) is 0 Å². The number of aromatic nitrogens is 2. The Morgan fingerprint density at radius 1 is 0.559 bits per heavy atom. The fraction of sp³-hybridized carbons (Fsp3) is 0.312. The van der Waals surface area contributed by atoms with E-state index in [4.69, 9.17) is 0 Å². The molecule has 2 aromatic heterocycles. The van der Waals surface area contributed by atoms with E-state index in [1.807, 2.05) is 0 Å². The Morgan fingerprint density at radius 3 is 1.35 bits per heavy atom. The molecule has 174 valence electrons. The van der Waals surface area contributed by atoms with E-state index in [0.29, 0.717) is 0 Å². The smallest absolute Gasteiger partial charge is 0.0531 e. The highest BCUT2D eigenvalue weighted by atomic mass is 15.0. The van der Waals surface area contributed by atoms with Gasteiger partial charge in [0.25, 0.3) is 0 Å². The summed E-state index contributed by atoms with van der Waals surface area (Å²) in [6.45, 7) is 16.1. The van der Waals surface area contributed by atoms with Crippen LogP contribution in [0.1, 0.15) is 65.4 Å². The number of aryl methyl sites for hydroxylation is 1. The molecule has 3 aromatic carbocycles. The predicted molar refractivity (Wildman–Crippen MR) is 147 cm³/mol. The quantitative estimate of drug-likeness (QED) is 0.261. The van der Waals surface area contributed by atoms with Gasteiger partial charge in [0.1, 0.15) is 0 Å². The lowest BCUT2D eigenvalue weighted by atomic mass is 9.91. The van der Waals surface area contributed by atoms with Crippen molar-refractivity contribution in [1.82, 2.24) is 9.13 Å². The number of fused-ring (bicyclic) bond motifs is 2. The third kappa shape index (κ3) is 3.76. The second-order valence-electron chi connectivity index (χ2n) is 11.6. The van der Waals surface area contributed by atoms with Gasteiger partial charge in [-0.1, -0.05) is 84.9 Å². The average molecular weight is 449 g/mol. The van der Waals surface area contributed by atoms with Crippen molar-refractivity contribution < 1.29 is 0 Å². The first kappa shape index (κ1) is 22.5. The summed E-state index contributed by atoms with van der Waals surface area (Å²) in [7, 11) is 0. The molecule has 0 saturated heterocycles. The van der Waals surface area contributed by atoms with Crippen molar-refractivity contribution in [2.45, 2.75) is 65.7 Å². The molecule has 0 atom stereocenters. The standard InChI is InChI=1S/C32H36N2/c1-8-22-17-25(33-27-15-11-9-13-23(27)19-29(33)31(2,3)4)21-26(18-22)34-28-16-12-10-14-24(28)20-30(34)32(5,6)7/h9-21H,8H2,1-7H3. The molecule has 0 fully saturated rings. The predicted octanol–water partition coefficient (Wildman–Crippen LogP) is 8.73. The monoisotopic (exact) mass is 448 g/mol. The van der Waals surface area contributed by atoms with E-state index >= 15 is 0 Å². The molecular weight excluding hydrogens is 412 g/mol. The molecule has 2 heteroatoms. The van der Waals surface area contributed by atoms with Gasteiger partial charge in [0, 0.05) is 44.4 Å². The first-order chi connectivity index (χ1) is 16.1. The highest BCUT2D eigenvalue weighted by Gasteiger charge is 2.24. The summed E-state index contributed by atoms with van der Waals surface area (Å²) < 4.78 is 4.95. The molecule has 5 aromatic rings. The van der Waals surface area contributed by atoms with E-state index in [2.05, 4.69) is 136 Å². The van der Waals surface area contributed by atoms with E-state index in [1.54, 1.807) is 0 Å². The van der Waals surface area contributed by atoms with Crippen LogP contribution in [-0.2, 0) is 17.3 Å². The topological polar surface area (TPSA) is 9.86 Å². The van der Waals surface area contributed by atoms with Gasteiger partial charge in [-0.05, 0) is 54.4 Å². The Bertz CT molecular complexity index is 1390. The van der Waals surface area contributed by atoms with Gasteiger partial charge in [0.05, 0.1) is 11.0 Å². The number of benzene rings is 3. The van der Waals surface area contributed by atoms with Gasteiger partial charge in [-0.25, -0.2) is 0 Å². The van der Waals surface area contributed by atoms with Crippen molar-refractivity contribution in [2.24, 2.45) is 0 Å². The third-order valence-corrected chi connectivity index (χ3v) is 6.85. The van der Waals surface area contributed by atoms with Gasteiger partial charge in [-0.3, -0.25) is 0 Å². The third-order valence-electron chi connectivity index (χ3n) is 6.85. The van der Waals surface area contributed by atoms with Crippen LogP contribution in [0.4, 0.5) is 0 Å². The molecule has 0 aliphatic heterocycles. The lowest BCUT2D eigenvalue weighted by Gasteiger charge is -2.25. The van der Waals surface area contributed by atoms with Crippen LogP contribution in [0, 0.1) is 0 Å². The summed E-state index contributed by atoms with van der Waals surface area (Å²) in [6.07, 6.45) is 0.995. The maximum atomic E-state index is 2.47. The van der Waals surface area contributed by atoms with Gasteiger partial charge >= 0.3 is 0 Å². The van der Waals surface area contributed by atoms with Crippen LogP contribution in [0.3, 0.4) is 0 Å². The van der Waals surface area contributed by atoms with Gasteiger partial charge in [0.15, 0.2) is 0 Å². The van der Waals surface area contributed by atoms with Crippen molar-refractivity contribution in [2.75, 3.05) is 0 Å². The van der Waals surface area contributed by atoms with E-state index in [-0.39, 0.29) is 10.8 Å².